The van der Waals surface area contributed by atoms with Crippen LogP contribution in [0.5, 0.6) is 0 Å². The summed E-state index contributed by atoms with van der Waals surface area (Å²) in [5.74, 6) is 0. The van der Waals surface area contributed by atoms with Crippen LogP contribution in [0.4, 0.5) is 0 Å². The Labute approximate surface area is 97.3 Å². The van der Waals surface area contributed by atoms with E-state index < -0.39 is 0 Å². The van der Waals surface area contributed by atoms with Crippen molar-refractivity contribution in [3.05, 3.63) is 58.7 Å². The second-order valence-corrected chi connectivity index (χ2v) is 4.09. The predicted octanol–water partition coefficient (Wildman–Crippen LogP) is 4.80. The third kappa shape index (κ3) is 4.85. The Morgan fingerprint density at radius 3 is 2.87 bits per heavy atom. The lowest BCUT2D eigenvalue weighted by Crippen LogP contribution is -1.85. The number of allylic oxidation sites excluding steroid dienone is 4. The molecule has 0 spiro atoms. The molecule has 0 atom stereocenters. The van der Waals surface area contributed by atoms with Gasteiger partial charge in [0, 0.05) is 5.02 Å². The van der Waals surface area contributed by atoms with E-state index >= 15 is 0 Å². The zero-order valence-electron chi connectivity index (χ0n) is 9.33. The molecular formula is C14H17Cl. The van der Waals surface area contributed by atoms with Crippen molar-refractivity contribution >= 4 is 11.6 Å². The van der Waals surface area contributed by atoms with E-state index in [2.05, 4.69) is 38.1 Å². The highest BCUT2D eigenvalue weighted by atomic mass is 35.5. The standard InChI is InChI=1S/C14H17Cl/c1-3-4-5-7-12(2)10-13-8-6-9-14(15)11-13/h4-9,11H,3,10H2,1-2H3/b5-4-,12-7+. The first-order valence-corrected chi connectivity index (χ1v) is 5.67. The van der Waals surface area contributed by atoms with Crippen LogP contribution in [-0.2, 0) is 6.42 Å². The SMILES string of the molecule is CC/C=C\C=C(/C)Cc1cccc(Cl)c1. The molecule has 15 heavy (non-hydrogen) atoms. The fraction of sp³-hybridized carbons (Fsp3) is 0.286. The van der Waals surface area contributed by atoms with Gasteiger partial charge < -0.3 is 0 Å². The highest BCUT2D eigenvalue weighted by Crippen LogP contribution is 2.14. The van der Waals surface area contributed by atoms with Crippen LogP contribution in [0.3, 0.4) is 0 Å². The van der Waals surface area contributed by atoms with E-state index in [-0.39, 0.29) is 0 Å². The fourth-order valence-electron chi connectivity index (χ4n) is 1.40. The van der Waals surface area contributed by atoms with Crippen LogP contribution < -0.4 is 0 Å². The van der Waals surface area contributed by atoms with E-state index in [1.54, 1.807) is 0 Å². The first kappa shape index (κ1) is 12.1. The summed E-state index contributed by atoms with van der Waals surface area (Å²) in [6, 6.07) is 8.02. The van der Waals surface area contributed by atoms with Gasteiger partial charge in [0.15, 0.2) is 0 Å². The van der Waals surface area contributed by atoms with Gasteiger partial charge in [-0.05, 0) is 37.5 Å². The highest BCUT2D eigenvalue weighted by molar-refractivity contribution is 6.30. The Kier molecular flexibility index (Phi) is 5.20. The topological polar surface area (TPSA) is 0 Å². The van der Waals surface area contributed by atoms with Crippen LogP contribution in [0.2, 0.25) is 5.02 Å². The maximum Gasteiger partial charge on any atom is 0.0408 e. The average molecular weight is 221 g/mol. The van der Waals surface area contributed by atoms with Crippen LogP contribution in [-0.4, -0.2) is 0 Å². The minimum absolute atomic E-state index is 0.810. The van der Waals surface area contributed by atoms with Gasteiger partial charge in [0.2, 0.25) is 0 Å². The van der Waals surface area contributed by atoms with Crippen LogP contribution in [0.1, 0.15) is 25.8 Å². The lowest BCUT2D eigenvalue weighted by atomic mass is 10.1. The van der Waals surface area contributed by atoms with E-state index in [4.69, 9.17) is 11.6 Å². The molecule has 1 heteroatoms. The summed E-state index contributed by atoms with van der Waals surface area (Å²) in [4.78, 5) is 0. The fourth-order valence-corrected chi connectivity index (χ4v) is 1.61. The van der Waals surface area contributed by atoms with Crippen molar-refractivity contribution in [3.63, 3.8) is 0 Å². The van der Waals surface area contributed by atoms with Gasteiger partial charge in [-0.25, -0.2) is 0 Å². The number of hydrogen-bond acceptors (Lipinski definition) is 0. The summed E-state index contributed by atoms with van der Waals surface area (Å²) >= 11 is 5.92. The molecule has 0 amide bonds. The second kappa shape index (κ2) is 6.47. The molecule has 0 aromatic heterocycles. The summed E-state index contributed by atoms with van der Waals surface area (Å²) in [5.41, 5.74) is 2.61. The molecule has 0 bridgehead atoms. The molecule has 0 unspecified atom stereocenters. The smallest absolute Gasteiger partial charge is 0.0408 e. The third-order valence-corrected chi connectivity index (χ3v) is 2.36. The van der Waals surface area contributed by atoms with Gasteiger partial charge in [-0.15, -0.1) is 0 Å². The zero-order valence-corrected chi connectivity index (χ0v) is 10.1. The summed E-state index contributed by atoms with van der Waals surface area (Å²) in [5, 5.41) is 0.810. The lowest BCUT2D eigenvalue weighted by Gasteiger charge is -2.01. The van der Waals surface area contributed by atoms with Crippen LogP contribution in [0, 0.1) is 0 Å². The Bertz CT molecular complexity index is 361. The van der Waals surface area contributed by atoms with Crippen molar-refractivity contribution in [1.82, 2.24) is 0 Å². The number of rotatable bonds is 4. The summed E-state index contributed by atoms with van der Waals surface area (Å²) < 4.78 is 0. The Morgan fingerprint density at radius 1 is 1.40 bits per heavy atom. The summed E-state index contributed by atoms with van der Waals surface area (Å²) in [7, 11) is 0. The molecule has 0 aliphatic heterocycles. The Hall–Kier alpha value is -1.01. The minimum atomic E-state index is 0.810. The van der Waals surface area contributed by atoms with Gasteiger partial charge in [-0.2, -0.15) is 0 Å². The molecule has 0 saturated heterocycles. The first-order chi connectivity index (χ1) is 7.22. The van der Waals surface area contributed by atoms with Crippen molar-refractivity contribution in [2.75, 3.05) is 0 Å². The minimum Gasteiger partial charge on any atom is -0.0848 e. The van der Waals surface area contributed by atoms with E-state index in [0.29, 0.717) is 0 Å². The van der Waals surface area contributed by atoms with Crippen molar-refractivity contribution in [3.8, 4) is 0 Å². The molecule has 0 heterocycles. The van der Waals surface area contributed by atoms with E-state index in [9.17, 15) is 0 Å². The molecule has 0 radical (unpaired) electrons. The zero-order chi connectivity index (χ0) is 11.1. The molecule has 0 saturated carbocycles. The van der Waals surface area contributed by atoms with E-state index in [1.807, 2.05) is 18.2 Å². The molecule has 0 aliphatic rings. The summed E-state index contributed by atoms with van der Waals surface area (Å²) in [6.07, 6.45) is 8.47. The van der Waals surface area contributed by atoms with Gasteiger partial charge in [0.25, 0.3) is 0 Å². The van der Waals surface area contributed by atoms with Gasteiger partial charge in [0.1, 0.15) is 0 Å². The first-order valence-electron chi connectivity index (χ1n) is 5.29. The number of benzene rings is 1. The number of halogens is 1. The molecule has 1 aromatic rings. The molecule has 0 N–H and O–H groups in total. The van der Waals surface area contributed by atoms with Gasteiger partial charge in [-0.3, -0.25) is 0 Å². The van der Waals surface area contributed by atoms with Crippen molar-refractivity contribution in [2.45, 2.75) is 26.7 Å². The van der Waals surface area contributed by atoms with Crippen molar-refractivity contribution in [1.29, 1.82) is 0 Å². The molecule has 0 fully saturated rings. The maximum atomic E-state index is 5.92. The predicted molar refractivity (Wildman–Crippen MR) is 68.3 cm³/mol. The quantitative estimate of drug-likeness (QED) is 0.640. The van der Waals surface area contributed by atoms with Crippen molar-refractivity contribution < 1.29 is 0 Å². The van der Waals surface area contributed by atoms with Gasteiger partial charge in [0.05, 0.1) is 0 Å². The lowest BCUT2D eigenvalue weighted by molar-refractivity contribution is 1.14. The highest BCUT2D eigenvalue weighted by Gasteiger charge is 1.94. The second-order valence-electron chi connectivity index (χ2n) is 3.66. The Balaban J connectivity index is 2.62. The van der Waals surface area contributed by atoms with Crippen molar-refractivity contribution in [2.24, 2.45) is 0 Å². The van der Waals surface area contributed by atoms with E-state index in [1.165, 1.54) is 11.1 Å². The normalized spacial score (nSPS) is 12.3. The largest absolute Gasteiger partial charge is 0.0848 e. The molecule has 80 valence electrons. The average Bonchev–Trinajstić information content (AvgIpc) is 2.18. The molecule has 0 aliphatic carbocycles. The van der Waals surface area contributed by atoms with Crippen LogP contribution in [0.15, 0.2) is 48.1 Å². The van der Waals surface area contributed by atoms with Crippen LogP contribution >= 0.6 is 11.6 Å². The van der Waals surface area contributed by atoms with Crippen LogP contribution in [0.25, 0.3) is 0 Å². The maximum absolute atomic E-state index is 5.92. The Morgan fingerprint density at radius 2 is 2.20 bits per heavy atom. The number of hydrogen-bond donors (Lipinski definition) is 0. The van der Waals surface area contributed by atoms with E-state index in [0.717, 1.165) is 17.9 Å². The van der Waals surface area contributed by atoms with Gasteiger partial charge >= 0.3 is 0 Å². The molecule has 0 nitrogen and oxygen atoms in total. The third-order valence-electron chi connectivity index (χ3n) is 2.12. The molecular weight excluding hydrogens is 204 g/mol. The molecule has 1 rings (SSSR count). The summed E-state index contributed by atoms with van der Waals surface area (Å²) in [6.45, 7) is 4.28. The van der Waals surface area contributed by atoms with Gasteiger partial charge in [-0.1, -0.05) is 54.5 Å². The molecule has 1 aromatic carbocycles. The monoisotopic (exact) mass is 220 g/mol.